The van der Waals surface area contributed by atoms with Crippen molar-refractivity contribution in [3.63, 3.8) is 0 Å². The molecule has 0 unspecified atom stereocenters. The number of anilines is 2. The number of carbonyl (C=O) groups excluding carboxylic acids is 2. The Morgan fingerprint density at radius 3 is 2.53 bits per heavy atom. The van der Waals surface area contributed by atoms with Gasteiger partial charge in [-0.1, -0.05) is 42.2 Å². The molecule has 1 saturated heterocycles. The summed E-state index contributed by atoms with van der Waals surface area (Å²) in [5.41, 5.74) is 4.29. The quantitative estimate of drug-likeness (QED) is 0.254. The molecule has 0 saturated carbocycles. The minimum atomic E-state index is -0.271. The average molecular weight is 549 g/mol. The van der Waals surface area contributed by atoms with E-state index in [1.165, 1.54) is 16.7 Å². The summed E-state index contributed by atoms with van der Waals surface area (Å²) in [7, 11) is 1.59. The van der Waals surface area contributed by atoms with E-state index in [0.29, 0.717) is 38.8 Å². The summed E-state index contributed by atoms with van der Waals surface area (Å²) in [4.78, 5) is 27.7. The average Bonchev–Trinajstić information content (AvgIpc) is 3.18. The number of hydrogen-bond acceptors (Lipinski definition) is 7. The molecule has 4 rings (SSSR count). The molecular formula is C29H28N2O5S2. The number of thiocarbonyl (C=S) groups is 1. The monoisotopic (exact) mass is 548 g/mol. The maximum absolute atomic E-state index is 13.1. The van der Waals surface area contributed by atoms with Crippen LogP contribution in [0, 0.1) is 13.8 Å². The van der Waals surface area contributed by atoms with Gasteiger partial charge in [-0.15, -0.1) is 0 Å². The number of nitrogens with zero attached hydrogens (tertiary/aromatic N) is 1. The molecule has 1 aliphatic rings. The first-order chi connectivity index (χ1) is 18.3. The maximum Gasteiger partial charge on any atom is 0.270 e. The van der Waals surface area contributed by atoms with Gasteiger partial charge < -0.3 is 19.5 Å². The molecule has 1 heterocycles. The van der Waals surface area contributed by atoms with Gasteiger partial charge in [0.2, 0.25) is 0 Å². The Labute approximate surface area is 231 Å². The molecule has 0 atom stereocenters. The molecule has 38 heavy (non-hydrogen) atoms. The normalized spacial score (nSPS) is 14.1. The number of aryl methyl sites for hydroxylation is 1. The summed E-state index contributed by atoms with van der Waals surface area (Å²) in [5.74, 6) is 1.14. The standard InChI is InChI=1S/C29H28N2O5S2/c1-5-35-25-15-20(9-14-24(25)36-17-27(32)30-23-8-6-7-18(2)19(23)3)16-26-28(33)31(29(37)38-26)21-10-12-22(34-4)13-11-21/h6-16H,5,17H2,1-4H3,(H,30,32)/b26-16-. The highest BCUT2D eigenvalue weighted by molar-refractivity contribution is 8.27. The van der Waals surface area contributed by atoms with Crippen molar-refractivity contribution in [1.29, 1.82) is 0 Å². The lowest BCUT2D eigenvalue weighted by Crippen LogP contribution is -2.27. The SMILES string of the molecule is CCOc1cc(/C=C2\SC(=S)N(c3ccc(OC)cc3)C2=O)ccc1OCC(=O)Nc1cccc(C)c1C. The van der Waals surface area contributed by atoms with Gasteiger partial charge in [0.1, 0.15) is 5.75 Å². The van der Waals surface area contributed by atoms with Gasteiger partial charge in [-0.25, -0.2) is 0 Å². The van der Waals surface area contributed by atoms with Gasteiger partial charge in [0.15, 0.2) is 22.4 Å². The second kappa shape index (κ2) is 12.1. The minimum Gasteiger partial charge on any atom is -0.497 e. The van der Waals surface area contributed by atoms with Crippen molar-refractivity contribution in [2.24, 2.45) is 0 Å². The Balaban J connectivity index is 1.47. The van der Waals surface area contributed by atoms with Gasteiger partial charge in [-0.2, -0.15) is 0 Å². The molecule has 0 bridgehead atoms. The number of methoxy groups -OCH3 is 1. The van der Waals surface area contributed by atoms with E-state index in [2.05, 4.69) is 5.32 Å². The van der Waals surface area contributed by atoms with Crippen LogP contribution in [0.3, 0.4) is 0 Å². The Morgan fingerprint density at radius 2 is 1.82 bits per heavy atom. The van der Waals surface area contributed by atoms with Crippen LogP contribution >= 0.6 is 24.0 Å². The van der Waals surface area contributed by atoms with Crippen molar-refractivity contribution >= 4 is 57.6 Å². The molecular weight excluding hydrogens is 520 g/mol. The zero-order valence-corrected chi connectivity index (χ0v) is 23.2. The van der Waals surface area contributed by atoms with Crippen molar-refractivity contribution in [2.75, 3.05) is 30.5 Å². The molecule has 196 valence electrons. The molecule has 0 spiro atoms. The predicted molar refractivity (Wildman–Crippen MR) is 156 cm³/mol. The first-order valence-electron chi connectivity index (χ1n) is 12.0. The van der Waals surface area contributed by atoms with E-state index in [4.69, 9.17) is 26.4 Å². The van der Waals surface area contributed by atoms with Crippen LogP contribution in [-0.4, -0.2) is 36.5 Å². The minimum absolute atomic E-state index is 0.173. The van der Waals surface area contributed by atoms with E-state index < -0.39 is 0 Å². The van der Waals surface area contributed by atoms with E-state index in [1.54, 1.807) is 55.7 Å². The van der Waals surface area contributed by atoms with Gasteiger partial charge in [0, 0.05) is 5.69 Å². The molecule has 0 aromatic heterocycles. The topological polar surface area (TPSA) is 77.1 Å². The molecule has 9 heteroatoms. The fourth-order valence-electron chi connectivity index (χ4n) is 3.79. The van der Waals surface area contributed by atoms with E-state index in [-0.39, 0.29) is 18.4 Å². The largest absolute Gasteiger partial charge is 0.497 e. The lowest BCUT2D eigenvalue weighted by atomic mass is 10.1. The zero-order chi connectivity index (χ0) is 27.2. The van der Waals surface area contributed by atoms with Crippen LogP contribution in [0.2, 0.25) is 0 Å². The van der Waals surface area contributed by atoms with Gasteiger partial charge in [0.05, 0.1) is 24.3 Å². The third-order valence-corrected chi connectivity index (χ3v) is 7.23. The summed E-state index contributed by atoms with van der Waals surface area (Å²) in [6, 6.07) is 18.2. The van der Waals surface area contributed by atoms with Crippen LogP contribution in [0.4, 0.5) is 11.4 Å². The highest BCUT2D eigenvalue weighted by Crippen LogP contribution is 2.37. The van der Waals surface area contributed by atoms with Gasteiger partial charge >= 0.3 is 0 Å². The predicted octanol–water partition coefficient (Wildman–Crippen LogP) is 6.13. The van der Waals surface area contributed by atoms with Gasteiger partial charge in [-0.3, -0.25) is 14.5 Å². The highest BCUT2D eigenvalue weighted by Gasteiger charge is 2.33. The Morgan fingerprint density at radius 1 is 1.05 bits per heavy atom. The number of nitrogens with one attached hydrogen (secondary N) is 1. The highest BCUT2D eigenvalue weighted by atomic mass is 32.2. The number of hydrogen-bond donors (Lipinski definition) is 1. The summed E-state index contributed by atoms with van der Waals surface area (Å²) >= 11 is 6.71. The molecule has 1 N–H and O–H groups in total. The summed E-state index contributed by atoms with van der Waals surface area (Å²) < 4.78 is 17.2. The third kappa shape index (κ3) is 6.17. The van der Waals surface area contributed by atoms with E-state index in [0.717, 1.165) is 22.4 Å². The third-order valence-electron chi connectivity index (χ3n) is 5.93. The molecule has 1 fully saturated rings. The van der Waals surface area contributed by atoms with Crippen LogP contribution in [0.25, 0.3) is 6.08 Å². The number of amides is 2. The number of benzene rings is 3. The van der Waals surface area contributed by atoms with Crippen LogP contribution in [0.5, 0.6) is 17.2 Å². The van der Waals surface area contributed by atoms with Crippen LogP contribution in [0.15, 0.2) is 65.6 Å². The number of ether oxygens (including phenoxy) is 3. The van der Waals surface area contributed by atoms with Crippen LogP contribution in [0.1, 0.15) is 23.6 Å². The number of carbonyl (C=O) groups is 2. The Bertz CT molecular complexity index is 1400. The van der Waals surface area contributed by atoms with Crippen LogP contribution < -0.4 is 24.4 Å². The second-order valence-electron chi connectivity index (χ2n) is 8.44. The van der Waals surface area contributed by atoms with E-state index >= 15 is 0 Å². The van der Waals surface area contributed by atoms with Crippen molar-refractivity contribution < 1.29 is 23.8 Å². The molecule has 0 aliphatic carbocycles. The molecule has 7 nitrogen and oxygen atoms in total. The van der Waals surface area contributed by atoms with E-state index in [9.17, 15) is 9.59 Å². The molecule has 0 radical (unpaired) electrons. The van der Waals surface area contributed by atoms with E-state index in [1.807, 2.05) is 39.0 Å². The lowest BCUT2D eigenvalue weighted by molar-refractivity contribution is -0.118. The fraction of sp³-hybridized carbons (Fsp3) is 0.207. The smallest absolute Gasteiger partial charge is 0.270 e. The maximum atomic E-state index is 13.1. The number of thioether (sulfide) groups is 1. The summed E-state index contributed by atoms with van der Waals surface area (Å²) in [6.07, 6.45) is 1.77. The molecule has 3 aromatic carbocycles. The second-order valence-corrected chi connectivity index (χ2v) is 10.1. The summed E-state index contributed by atoms with van der Waals surface area (Å²) in [5, 5.41) is 2.89. The van der Waals surface area contributed by atoms with Gasteiger partial charge in [-0.05, 0) is 86.0 Å². The van der Waals surface area contributed by atoms with Gasteiger partial charge in [0.25, 0.3) is 11.8 Å². The van der Waals surface area contributed by atoms with Crippen molar-refractivity contribution in [2.45, 2.75) is 20.8 Å². The Kier molecular flexibility index (Phi) is 8.70. The first kappa shape index (κ1) is 27.2. The van der Waals surface area contributed by atoms with Crippen molar-refractivity contribution in [3.8, 4) is 17.2 Å². The zero-order valence-electron chi connectivity index (χ0n) is 21.6. The molecule has 2 amide bonds. The lowest BCUT2D eigenvalue weighted by Gasteiger charge is -2.15. The van der Waals surface area contributed by atoms with Crippen molar-refractivity contribution in [3.05, 3.63) is 82.3 Å². The molecule has 1 aliphatic heterocycles. The molecule has 3 aromatic rings. The van der Waals surface area contributed by atoms with Crippen molar-refractivity contribution in [1.82, 2.24) is 0 Å². The number of rotatable bonds is 9. The van der Waals surface area contributed by atoms with Crippen LogP contribution in [-0.2, 0) is 9.59 Å². The first-order valence-corrected chi connectivity index (χ1v) is 13.2. The summed E-state index contributed by atoms with van der Waals surface area (Å²) in [6.45, 7) is 6.06. The fourth-order valence-corrected chi connectivity index (χ4v) is 5.09. The Hall–Kier alpha value is -3.82.